The molecule has 3 aromatic carbocycles. The van der Waals surface area contributed by atoms with Crippen LogP contribution in [0.15, 0.2) is 83.0 Å². The van der Waals surface area contributed by atoms with E-state index in [2.05, 4.69) is 21.2 Å². The van der Waals surface area contributed by atoms with Crippen molar-refractivity contribution in [2.24, 2.45) is 0 Å². The normalized spacial score (nSPS) is 14.0. The topological polar surface area (TPSA) is 49.4 Å². The van der Waals surface area contributed by atoms with Crippen LogP contribution in [0, 0.1) is 13.8 Å². The number of aryl methyl sites for hydroxylation is 2. The molecule has 1 heterocycles. The van der Waals surface area contributed by atoms with Crippen LogP contribution in [0.4, 0.5) is 11.4 Å². The van der Waals surface area contributed by atoms with Crippen molar-refractivity contribution in [1.29, 1.82) is 0 Å². The van der Waals surface area contributed by atoms with E-state index in [0.717, 1.165) is 21.3 Å². The van der Waals surface area contributed by atoms with Gasteiger partial charge in [0.1, 0.15) is 5.70 Å². The van der Waals surface area contributed by atoms with Crippen LogP contribution in [-0.4, -0.2) is 11.8 Å². The second kappa shape index (κ2) is 7.68. The molecular formula is C24H19BrN2O2. The molecule has 4 nitrogen and oxygen atoms in total. The monoisotopic (exact) mass is 446 g/mol. The van der Waals surface area contributed by atoms with Gasteiger partial charge in [0.05, 0.1) is 11.3 Å². The van der Waals surface area contributed by atoms with Crippen LogP contribution >= 0.6 is 15.9 Å². The summed E-state index contributed by atoms with van der Waals surface area (Å²) in [5, 5.41) is 3.21. The van der Waals surface area contributed by atoms with E-state index in [0.29, 0.717) is 16.8 Å². The Hall–Kier alpha value is -3.18. The smallest absolute Gasteiger partial charge is 0.282 e. The van der Waals surface area contributed by atoms with Crippen LogP contribution in [-0.2, 0) is 9.59 Å². The number of carbonyl (C=O) groups excluding carboxylic acids is 2. The lowest BCUT2D eigenvalue weighted by Crippen LogP contribution is -2.32. The second-order valence-corrected chi connectivity index (χ2v) is 7.88. The lowest BCUT2D eigenvalue weighted by molar-refractivity contribution is -0.120. The summed E-state index contributed by atoms with van der Waals surface area (Å²) in [5.41, 5.74) is 4.95. The van der Waals surface area contributed by atoms with Crippen LogP contribution in [0.5, 0.6) is 0 Å². The highest BCUT2D eigenvalue weighted by atomic mass is 79.9. The number of amides is 2. The average molecular weight is 447 g/mol. The molecule has 0 bridgehead atoms. The van der Waals surface area contributed by atoms with Gasteiger partial charge in [-0.25, -0.2) is 4.90 Å². The maximum absolute atomic E-state index is 13.3. The Morgan fingerprint density at radius 2 is 1.48 bits per heavy atom. The van der Waals surface area contributed by atoms with Gasteiger partial charge in [0.2, 0.25) is 0 Å². The molecule has 0 spiro atoms. The number of rotatable bonds is 4. The summed E-state index contributed by atoms with van der Waals surface area (Å²) in [5.74, 6) is -0.704. The molecule has 5 heteroatoms. The van der Waals surface area contributed by atoms with Crippen LogP contribution in [0.2, 0.25) is 0 Å². The molecule has 0 atom stereocenters. The number of benzene rings is 3. The fraction of sp³-hybridized carbons (Fsp3) is 0.0833. The van der Waals surface area contributed by atoms with Crippen molar-refractivity contribution in [3.8, 4) is 0 Å². The maximum Gasteiger partial charge on any atom is 0.282 e. The number of hydrogen-bond acceptors (Lipinski definition) is 3. The minimum atomic E-state index is -0.366. The molecule has 1 N–H and O–H groups in total. The van der Waals surface area contributed by atoms with E-state index in [1.54, 1.807) is 12.1 Å². The number of anilines is 2. The first-order chi connectivity index (χ1) is 14.0. The predicted octanol–water partition coefficient (Wildman–Crippen LogP) is 5.46. The van der Waals surface area contributed by atoms with Crippen molar-refractivity contribution in [3.05, 3.63) is 99.7 Å². The van der Waals surface area contributed by atoms with E-state index in [-0.39, 0.29) is 17.5 Å². The number of imide groups is 1. The van der Waals surface area contributed by atoms with Gasteiger partial charge in [-0.3, -0.25) is 9.59 Å². The first-order valence-electron chi connectivity index (χ1n) is 9.24. The molecule has 0 fully saturated rings. The summed E-state index contributed by atoms with van der Waals surface area (Å²) in [4.78, 5) is 27.9. The van der Waals surface area contributed by atoms with Crippen molar-refractivity contribution in [2.45, 2.75) is 13.8 Å². The van der Waals surface area contributed by atoms with Gasteiger partial charge in [0, 0.05) is 10.2 Å². The molecule has 0 saturated carbocycles. The third kappa shape index (κ3) is 3.61. The zero-order valence-electron chi connectivity index (χ0n) is 16.1. The average Bonchev–Trinajstić information content (AvgIpc) is 2.96. The minimum Gasteiger partial charge on any atom is -0.350 e. The lowest BCUT2D eigenvalue weighted by atomic mass is 10.0. The Kier molecular flexibility index (Phi) is 5.07. The molecule has 0 unspecified atom stereocenters. The highest BCUT2D eigenvalue weighted by Crippen LogP contribution is 2.34. The number of carbonyl (C=O) groups is 2. The van der Waals surface area contributed by atoms with Crippen molar-refractivity contribution >= 4 is 44.7 Å². The highest BCUT2D eigenvalue weighted by Gasteiger charge is 2.40. The Morgan fingerprint density at radius 1 is 0.793 bits per heavy atom. The van der Waals surface area contributed by atoms with Crippen LogP contribution < -0.4 is 10.2 Å². The van der Waals surface area contributed by atoms with Gasteiger partial charge >= 0.3 is 0 Å². The van der Waals surface area contributed by atoms with E-state index in [4.69, 9.17) is 0 Å². The summed E-state index contributed by atoms with van der Waals surface area (Å²) >= 11 is 3.39. The number of halogens is 1. The van der Waals surface area contributed by atoms with Gasteiger partial charge in [-0.2, -0.15) is 0 Å². The molecule has 0 saturated heterocycles. The molecule has 0 radical (unpaired) electrons. The molecule has 144 valence electrons. The van der Waals surface area contributed by atoms with E-state index in [1.807, 2.05) is 74.5 Å². The van der Waals surface area contributed by atoms with Gasteiger partial charge in [-0.05, 0) is 66.9 Å². The van der Waals surface area contributed by atoms with Crippen molar-refractivity contribution < 1.29 is 9.59 Å². The zero-order valence-corrected chi connectivity index (χ0v) is 17.7. The standard InChI is InChI=1S/C24H19BrN2O2/c1-15-8-11-19(14-16(15)2)26-22-21(17-6-4-3-5-7-17)23(28)27(24(22)29)20-12-9-18(25)10-13-20/h3-14,26H,1-2H3. The summed E-state index contributed by atoms with van der Waals surface area (Å²) in [7, 11) is 0. The highest BCUT2D eigenvalue weighted by molar-refractivity contribution is 9.10. The van der Waals surface area contributed by atoms with Crippen LogP contribution in [0.25, 0.3) is 5.57 Å². The van der Waals surface area contributed by atoms with Gasteiger partial charge in [-0.15, -0.1) is 0 Å². The molecule has 1 aliphatic rings. The third-order valence-electron chi connectivity index (χ3n) is 5.01. The lowest BCUT2D eigenvalue weighted by Gasteiger charge is -2.15. The molecule has 29 heavy (non-hydrogen) atoms. The molecule has 0 aliphatic carbocycles. The molecule has 0 aromatic heterocycles. The first-order valence-corrected chi connectivity index (χ1v) is 10.0. The molecular weight excluding hydrogens is 428 g/mol. The maximum atomic E-state index is 13.3. The van der Waals surface area contributed by atoms with Crippen molar-refractivity contribution in [1.82, 2.24) is 0 Å². The Labute approximate surface area is 178 Å². The number of nitrogens with one attached hydrogen (secondary N) is 1. The van der Waals surface area contributed by atoms with E-state index in [9.17, 15) is 9.59 Å². The fourth-order valence-corrected chi connectivity index (χ4v) is 3.57. The van der Waals surface area contributed by atoms with Crippen molar-refractivity contribution in [3.63, 3.8) is 0 Å². The quantitative estimate of drug-likeness (QED) is 0.541. The third-order valence-corrected chi connectivity index (χ3v) is 5.54. The minimum absolute atomic E-state index is 0.285. The van der Waals surface area contributed by atoms with Crippen LogP contribution in [0.1, 0.15) is 16.7 Å². The van der Waals surface area contributed by atoms with Gasteiger partial charge in [0.15, 0.2) is 0 Å². The second-order valence-electron chi connectivity index (χ2n) is 6.96. The summed E-state index contributed by atoms with van der Waals surface area (Å²) in [6, 6.07) is 22.3. The van der Waals surface area contributed by atoms with Gasteiger partial charge in [-0.1, -0.05) is 52.3 Å². The fourth-order valence-electron chi connectivity index (χ4n) is 3.31. The Morgan fingerprint density at radius 3 is 2.14 bits per heavy atom. The SMILES string of the molecule is Cc1ccc(NC2=C(c3ccccc3)C(=O)N(c3ccc(Br)cc3)C2=O)cc1C. The summed E-state index contributed by atoms with van der Waals surface area (Å²) in [6.07, 6.45) is 0. The van der Waals surface area contributed by atoms with E-state index >= 15 is 0 Å². The van der Waals surface area contributed by atoms with E-state index in [1.165, 1.54) is 4.90 Å². The molecule has 3 aromatic rings. The Balaban J connectivity index is 1.81. The summed E-state index contributed by atoms with van der Waals surface area (Å²) in [6.45, 7) is 4.05. The number of nitrogens with zero attached hydrogens (tertiary/aromatic N) is 1. The van der Waals surface area contributed by atoms with Gasteiger partial charge < -0.3 is 5.32 Å². The molecule has 1 aliphatic heterocycles. The zero-order chi connectivity index (χ0) is 20.5. The van der Waals surface area contributed by atoms with Gasteiger partial charge in [0.25, 0.3) is 11.8 Å². The van der Waals surface area contributed by atoms with Crippen LogP contribution in [0.3, 0.4) is 0 Å². The van der Waals surface area contributed by atoms with E-state index < -0.39 is 0 Å². The Bertz CT molecular complexity index is 1140. The molecule has 4 rings (SSSR count). The summed E-state index contributed by atoms with van der Waals surface area (Å²) < 4.78 is 0.880. The first kappa shape index (κ1) is 19.2. The molecule has 2 amide bonds. The van der Waals surface area contributed by atoms with Crippen molar-refractivity contribution in [2.75, 3.05) is 10.2 Å². The number of hydrogen-bond donors (Lipinski definition) is 1. The largest absolute Gasteiger partial charge is 0.350 e. The predicted molar refractivity (Wildman–Crippen MR) is 120 cm³/mol.